The van der Waals surface area contributed by atoms with E-state index in [4.69, 9.17) is 0 Å². The van der Waals surface area contributed by atoms with Gasteiger partial charge in [0.1, 0.15) is 5.41 Å². The van der Waals surface area contributed by atoms with Crippen LogP contribution in [0.1, 0.15) is 106 Å². The molecule has 0 amide bonds. The van der Waals surface area contributed by atoms with Crippen LogP contribution >= 0.6 is 0 Å². The van der Waals surface area contributed by atoms with Gasteiger partial charge < -0.3 is 15.3 Å². The summed E-state index contributed by atoms with van der Waals surface area (Å²) in [6, 6.07) is 0. The number of allylic oxidation sites excluding steroid dienone is 2. The van der Waals surface area contributed by atoms with Gasteiger partial charge in [0.15, 0.2) is 0 Å². The molecule has 0 unspecified atom stereocenters. The highest BCUT2D eigenvalue weighted by atomic mass is 16.4. The van der Waals surface area contributed by atoms with Crippen molar-refractivity contribution in [2.24, 2.45) is 50.2 Å². The lowest BCUT2D eigenvalue weighted by molar-refractivity contribution is -0.218. The van der Waals surface area contributed by atoms with Crippen LogP contribution in [0.2, 0.25) is 0 Å². The summed E-state index contributed by atoms with van der Waals surface area (Å²) in [7, 11) is 0. The van der Waals surface area contributed by atoms with Crippen molar-refractivity contribution in [3.05, 3.63) is 11.6 Å². The average Bonchev–Trinajstić information content (AvgIpc) is 2.71. The van der Waals surface area contributed by atoms with Crippen molar-refractivity contribution in [3.63, 3.8) is 0 Å². The summed E-state index contributed by atoms with van der Waals surface area (Å²) < 4.78 is 0. The number of fused-ring (bicyclic) bond motifs is 7. The molecule has 0 radical (unpaired) electrons. The molecule has 0 bridgehead atoms. The fourth-order valence-electron chi connectivity index (χ4n) is 10.7. The third-order valence-electron chi connectivity index (χ3n) is 13.1. The first-order valence-corrected chi connectivity index (χ1v) is 13.9. The Morgan fingerprint density at radius 2 is 1.53 bits per heavy atom. The second-order valence-electron chi connectivity index (χ2n) is 15.2. The molecular weight excluding hydrogens is 424 g/mol. The second kappa shape index (κ2) is 7.12. The average molecular weight is 473 g/mol. The Hall–Kier alpha value is -0.870. The SMILES string of the molecule is CC1(C)CC[C@]2(C(=O)O)[C@@H](O)C[C@]3(C)C(=CC[C@H]4[C@@]5(C)CC[C@H](O)C(C)(C)[C@@H]5CC[C@]43C)[C@@H]2C1. The Morgan fingerprint density at radius 1 is 0.853 bits per heavy atom. The zero-order valence-electron chi connectivity index (χ0n) is 22.6. The van der Waals surface area contributed by atoms with Crippen LogP contribution in [0.15, 0.2) is 11.6 Å². The molecule has 192 valence electrons. The molecule has 0 aromatic carbocycles. The van der Waals surface area contributed by atoms with Crippen LogP contribution in [0.25, 0.3) is 0 Å². The Balaban J connectivity index is 1.63. The molecule has 0 aliphatic heterocycles. The highest BCUT2D eigenvalue weighted by molar-refractivity contribution is 5.77. The minimum Gasteiger partial charge on any atom is -0.481 e. The smallest absolute Gasteiger partial charge is 0.312 e. The summed E-state index contributed by atoms with van der Waals surface area (Å²) in [5.41, 5.74) is 0.295. The molecule has 4 saturated carbocycles. The lowest BCUT2D eigenvalue weighted by atomic mass is 9.33. The Labute approximate surface area is 206 Å². The van der Waals surface area contributed by atoms with Gasteiger partial charge >= 0.3 is 5.97 Å². The van der Waals surface area contributed by atoms with Crippen molar-refractivity contribution in [3.8, 4) is 0 Å². The lowest BCUT2D eigenvalue weighted by Crippen LogP contribution is -2.67. The highest BCUT2D eigenvalue weighted by Gasteiger charge is 2.71. The number of rotatable bonds is 1. The molecule has 0 heterocycles. The van der Waals surface area contributed by atoms with E-state index in [0.717, 1.165) is 44.9 Å². The van der Waals surface area contributed by atoms with Crippen molar-refractivity contribution in [1.82, 2.24) is 0 Å². The highest BCUT2D eigenvalue weighted by Crippen LogP contribution is 2.75. The van der Waals surface area contributed by atoms with Gasteiger partial charge in [0.05, 0.1) is 12.2 Å². The minimum absolute atomic E-state index is 0.0218. The molecule has 0 aromatic rings. The number of aliphatic carboxylic acids is 1. The third-order valence-corrected chi connectivity index (χ3v) is 13.1. The standard InChI is InChI=1S/C30H48O4/c1-25(2)14-15-30(24(33)34)19(16-25)18-8-9-21-27(5)12-11-22(31)26(3,4)20(27)10-13-28(21,6)29(18,7)17-23(30)32/h8,19-23,31-32H,9-17H2,1-7H3,(H,33,34)/t19-,20-,21-,22-,23-,27-,28+,29+,30+/m0/s1. The van der Waals surface area contributed by atoms with Gasteiger partial charge in [-0.25, -0.2) is 0 Å². The van der Waals surface area contributed by atoms with Gasteiger partial charge in [-0.15, -0.1) is 0 Å². The van der Waals surface area contributed by atoms with Crippen LogP contribution in [0, 0.1) is 50.2 Å². The Morgan fingerprint density at radius 3 is 2.18 bits per heavy atom. The van der Waals surface area contributed by atoms with Gasteiger partial charge in [-0.2, -0.15) is 0 Å². The minimum atomic E-state index is -1.04. The molecule has 3 N–H and O–H groups in total. The summed E-state index contributed by atoms with van der Waals surface area (Å²) >= 11 is 0. The largest absolute Gasteiger partial charge is 0.481 e. The van der Waals surface area contributed by atoms with E-state index < -0.39 is 17.5 Å². The molecule has 5 aliphatic carbocycles. The molecule has 0 aromatic heterocycles. The van der Waals surface area contributed by atoms with E-state index in [9.17, 15) is 20.1 Å². The van der Waals surface area contributed by atoms with Gasteiger partial charge in [0, 0.05) is 0 Å². The quantitative estimate of drug-likeness (QED) is 0.397. The topological polar surface area (TPSA) is 77.8 Å². The van der Waals surface area contributed by atoms with Crippen molar-refractivity contribution < 1.29 is 20.1 Å². The monoisotopic (exact) mass is 472 g/mol. The Kier molecular flexibility index (Phi) is 5.20. The Bertz CT molecular complexity index is 919. The molecule has 9 atom stereocenters. The van der Waals surface area contributed by atoms with Crippen LogP contribution in [-0.2, 0) is 4.79 Å². The maximum atomic E-state index is 12.8. The zero-order valence-corrected chi connectivity index (χ0v) is 22.6. The van der Waals surface area contributed by atoms with Crippen LogP contribution in [-0.4, -0.2) is 33.5 Å². The van der Waals surface area contributed by atoms with E-state index in [1.807, 2.05) is 0 Å². The second-order valence-corrected chi connectivity index (χ2v) is 15.2. The number of aliphatic hydroxyl groups excluding tert-OH is 2. The van der Waals surface area contributed by atoms with Gasteiger partial charge in [0.25, 0.3) is 0 Å². The van der Waals surface area contributed by atoms with E-state index in [-0.39, 0.29) is 39.1 Å². The van der Waals surface area contributed by atoms with Gasteiger partial charge in [-0.05, 0) is 103 Å². The maximum Gasteiger partial charge on any atom is 0.312 e. The normalized spacial score (nSPS) is 53.4. The molecule has 34 heavy (non-hydrogen) atoms. The summed E-state index contributed by atoms with van der Waals surface area (Å²) in [5.74, 6) is 0.0888. The maximum absolute atomic E-state index is 12.8. The van der Waals surface area contributed by atoms with E-state index in [1.54, 1.807) is 0 Å². The van der Waals surface area contributed by atoms with Gasteiger partial charge in [0.2, 0.25) is 0 Å². The molecule has 4 heteroatoms. The number of carboxylic acids is 1. The molecule has 4 fully saturated rings. The van der Waals surface area contributed by atoms with E-state index in [1.165, 1.54) is 5.57 Å². The van der Waals surface area contributed by atoms with E-state index in [2.05, 4.69) is 54.5 Å². The molecule has 0 spiro atoms. The van der Waals surface area contributed by atoms with E-state index >= 15 is 0 Å². The molecule has 0 saturated heterocycles. The summed E-state index contributed by atoms with van der Waals surface area (Å²) in [4.78, 5) is 12.8. The molecular formula is C30H48O4. The molecule has 5 rings (SSSR count). The van der Waals surface area contributed by atoms with Gasteiger partial charge in [-0.1, -0.05) is 60.1 Å². The van der Waals surface area contributed by atoms with Crippen molar-refractivity contribution in [2.45, 2.75) is 118 Å². The van der Waals surface area contributed by atoms with E-state index in [0.29, 0.717) is 24.7 Å². The number of aliphatic hydroxyl groups is 2. The van der Waals surface area contributed by atoms with Crippen LogP contribution in [0.3, 0.4) is 0 Å². The van der Waals surface area contributed by atoms with Crippen LogP contribution in [0.4, 0.5) is 0 Å². The number of hydrogen-bond acceptors (Lipinski definition) is 3. The number of carboxylic acid groups (broad SMARTS) is 1. The molecule has 5 aliphatic rings. The van der Waals surface area contributed by atoms with Crippen LogP contribution < -0.4 is 0 Å². The summed E-state index contributed by atoms with van der Waals surface area (Å²) in [5, 5.41) is 33.1. The first kappa shape index (κ1) is 24.8. The fraction of sp³-hybridized carbons (Fsp3) is 0.900. The first-order valence-electron chi connectivity index (χ1n) is 13.9. The first-order chi connectivity index (χ1) is 15.6. The summed E-state index contributed by atoms with van der Waals surface area (Å²) in [6.07, 6.45) is 9.35. The zero-order chi connectivity index (χ0) is 25.1. The van der Waals surface area contributed by atoms with Crippen molar-refractivity contribution >= 4 is 5.97 Å². The predicted octanol–water partition coefficient (Wildman–Crippen LogP) is 6.20. The van der Waals surface area contributed by atoms with Gasteiger partial charge in [-0.3, -0.25) is 4.79 Å². The fourth-order valence-corrected chi connectivity index (χ4v) is 10.7. The van der Waals surface area contributed by atoms with Crippen molar-refractivity contribution in [2.75, 3.05) is 0 Å². The third kappa shape index (κ3) is 2.82. The molecule has 4 nitrogen and oxygen atoms in total. The number of carbonyl (C=O) groups is 1. The number of hydrogen-bond donors (Lipinski definition) is 3. The van der Waals surface area contributed by atoms with Crippen LogP contribution in [0.5, 0.6) is 0 Å². The lowest BCUT2D eigenvalue weighted by Gasteiger charge is -2.71. The predicted molar refractivity (Wildman–Crippen MR) is 134 cm³/mol. The van der Waals surface area contributed by atoms with Crippen molar-refractivity contribution in [1.29, 1.82) is 0 Å². The summed E-state index contributed by atoms with van der Waals surface area (Å²) in [6.45, 7) is 16.4.